The monoisotopic (exact) mass is 157 g/mol. The summed E-state index contributed by atoms with van der Waals surface area (Å²) in [5.41, 5.74) is 0.609. The summed E-state index contributed by atoms with van der Waals surface area (Å²) >= 11 is 0. The van der Waals surface area contributed by atoms with Gasteiger partial charge in [0.25, 0.3) is 0 Å². The van der Waals surface area contributed by atoms with Gasteiger partial charge in [-0.1, -0.05) is 0 Å². The number of benzene rings is 1. The second-order valence-electron chi connectivity index (χ2n) is 2.27. The number of rotatable bonds is 2. The number of halogens is 2. The largest absolute Gasteiger partial charge is 0.475 e. The minimum Gasteiger partial charge on any atom is -0.475 e. The third kappa shape index (κ3) is 2.27. The first-order valence-electron chi connectivity index (χ1n) is 3.28. The number of quaternary nitrogens is 1. The summed E-state index contributed by atoms with van der Waals surface area (Å²) in [7, 11) is 3.47. The normalized spacial score (nSPS) is 10.1. The molecule has 0 atom stereocenters. The standard InChI is InChI=1S/C8H9F2N/c1-11-5-6-2-7(9)4-8(10)3-6/h2-4H,1,5,11H2. The average molecular weight is 157 g/mol. The maximum absolute atomic E-state index is 12.5. The summed E-state index contributed by atoms with van der Waals surface area (Å²) in [5.74, 6) is -1.08. The molecule has 0 bridgehead atoms. The van der Waals surface area contributed by atoms with Crippen LogP contribution in [0.5, 0.6) is 0 Å². The number of nitrogens with two attached hydrogens (primary N) is 1. The number of hydrogen-bond acceptors (Lipinski definition) is 0. The van der Waals surface area contributed by atoms with Crippen LogP contribution in [0.2, 0.25) is 0 Å². The van der Waals surface area contributed by atoms with Gasteiger partial charge >= 0.3 is 0 Å². The summed E-state index contributed by atoms with van der Waals surface area (Å²) in [6.07, 6.45) is 0. The Morgan fingerprint density at radius 2 is 1.73 bits per heavy atom. The lowest BCUT2D eigenvalue weighted by atomic mass is 10.2. The molecule has 0 heterocycles. The second-order valence-corrected chi connectivity index (χ2v) is 2.27. The van der Waals surface area contributed by atoms with E-state index in [0.717, 1.165) is 6.07 Å². The van der Waals surface area contributed by atoms with Crippen LogP contribution in [-0.2, 0) is 6.54 Å². The predicted octanol–water partition coefficient (Wildman–Crippen LogP) is 0.820. The summed E-state index contributed by atoms with van der Waals surface area (Å²) in [4.78, 5) is 0. The summed E-state index contributed by atoms with van der Waals surface area (Å²) in [5, 5.41) is 1.61. The van der Waals surface area contributed by atoms with Crippen LogP contribution in [0.3, 0.4) is 0 Å². The molecule has 0 saturated heterocycles. The van der Waals surface area contributed by atoms with Crippen molar-refractivity contribution < 1.29 is 14.1 Å². The van der Waals surface area contributed by atoms with Crippen molar-refractivity contribution in [3.8, 4) is 0 Å². The summed E-state index contributed by atoms with van der Waals surface area (Å²) < 4.78 is 25.0. The quantitative estimate of drug-likeness (QED) is 0.612. The molecule has 0 aliphatic heterocycles. The first kappa shape index (κ1) is 8.14. The fourth-order valence-electron chi connectivity index (χ4n) is 0.895. The van der Waals surface area contributed by atoms with Crippen molar-refractivity contribution in [2.75, 3.05) is 0 Å². The molecule has 11 heavy (non-hydrogen) atoms. The molecule has 0 fully saturated rings. The highest BCUT2D eigenvalue weighted by Gasteiger charge is 1.98. The van der Waals surface area contributed by atoms with Gasteiger partial charge in [0.05, 0.1) is 6.54 Å². The average Bonchev–Trinajstić information content (AvgIpc) is 1.85. The van der Waals surface area contributed by atoms with Crippen molar-refractivity contribution in [1.29, 1.82) is 0 Å². The van der Waals surface area contributed by atoms with Gasteiger partial charge in [-0.3, -0.25) is 0 Å². The Bertz CT molecular complexity index is 228. The van der Waals surface area contributed by atoms with Crippen LogP contribution >= 0.6 is 0 Å². The minimum atomic E-state index is -0.540. The van der Waals surface area contributed by atoms with E-state index in [0.29, 0.717) is 12.1 Å². The predicted molar refractivity (Wildman–Crippen MR) is 37.3 cm³/mol. The van der Waals surface area contributed by atoms with Gasteiger partial charge in [-0.05, 0) is 12.1 Å². The molecule has 0 unspecified atom stereocenters. The van der Waals surface area contributed by atoms with Gasteiger partial charge in [0, 0.05) is 11.6 Å². The lowest BCUT2D eigenvalue weighted by molar-refractivity contribution is -0.612. The molecule has 1 aromatic rings. The molecule has 0 amide bonds. The topological polar surface area (TPSA) is 16.6 Å². The molecule has 0 spiro atoms. The first-order chi connectivity index (χ1) is 5.22. The van der Waals surface area contributed by atoms with Crippen LogP contribution < -0.4 is 5.32 Å². The van der Waals surface area contributed by atoms with Crippen LogP contribution in [0, 0.1) is 18.7 Å². The zero-order chi connectivity index (χ0) is 8.27. The van der Waals surface area contributed by atoms with E-state index in [1.54, 1.807) is 5.32 Å². The molecule has 0 saturated carbocycles. The van der Waals surface area contributed by atoms with Crippen molar-refractivity contribution in [2.45, 2.75) is 6.54 Å². The fourth-order valence-corrected chi connectivity index (χ4v) is 0.895. The van der Waals surface area contributed by atoms with Crippen molar-refractivity contribution in [2.24, 2.45) is 0 Å². The van der Waals surface area contributed by atoms with E-state index in [1.807, 2.05) is 0 Å². The fraction of sp³-hybridized carbons (Fsp3) is 0.125. The minimum absolute atomic E-state index is 0.495. The Morgan fingerprint density at radius 1 is 1.18 bits per heavy atom. The first-order valence-corrected chi connectivity index (χ1v) is 3.28. The van der Waals surface area contributed by atoms with Crippen molar-refractivity contribution in [3.63, 3.8) is 0 Å². The van der Waals surface area contributed by atoms with Gasteiger partial charge in [0.15, 0.2) is 0 Å². The summed E-state index contributed by atoms with van der Waals surface area (Å²) in [6.45, 7) is 0.495. The van der Waals surface area contributed by atoms with Crippen LogP contribution in [0.4, 0.5) is 8.78 Å². The molecule has 0 aliphatic rings. The van der Waals surface area contributed by atoms with Crippen molar-refractivity contribution in [3.05, 3.63) is 42.4 Å². The maximum Gasteiger partial charge on any atom is 0.126 e. The van der Waals surface area contributed by atoms with Crippen molar-refractivity contribution >= 4 is 0 Å². The highest BCUT2D eigenvalue weighted by atomic mass is 19.1. The molecular formula is C8H9F2N. The van der Waals surface area contributed by atoms with E-state index in [1.165, 1.54) is 12.1 Å². The highest BCUT2D eigenvalue weighted by molar-refractivity contribution is 5.16. The Balaban J connectivity index is 2.89. The molecule has 60 valence electrons. The summed E-state index contributed by atoms with van der Waals surface area (Å²) in [6, 6.07) is 3.45. The molecule has 2 N–H and O–H groups in total. The zero-order valence-electron chi connectivity index (χ0n) is 5.98. The number of hydrogen-bond donors (Lipinski definition) is 1. The third-order valence-electron chi connectivity index (χ3n) is 1.30. The van der Waals surface area contributed by atoms with Gasteiger partial charge in [-0.15, -0.1) is 0 Å². The van der Waals surface area contributed by atoms with Gasteiger partial charge < -0.3 is 5.32 Å². The Morgan fingerprint density at radius 3 is 2.18 bits per heavy atom. The second kappa shape index (κ2) is 3.44. The van der Waals surface area contributed by atoms with E-state index in [-0.39, 0.29) is 0 Å². The van der Waals surface area contributed by atoms with Crippen LogP contribution in [0.15, 0.2) is 18.2 Å². The van der Waals surface area contributed by atoms with Crippen LogP contribution in [0.25, 0.3) is 0 Å². The third-order valence-corrected chi connectivity index (χ3v) is 1.30. The Labute approximate surface area is 64.0 Å². The van der Waals surface area contributed by atoms with Crippen LogP contribution in [-0.4, -0.2) is 0 Å². The molecule has 1 aromatic carbocycles. The van der Waals surface area contributed by atoms with E-state index in [9.17, 15) is 8.78 Å². The van der Waals surface area contributed by atoms with Crippen molar-refractivity contribution in [1.82, 2.24) is 0 Å². The Hall–Kier alpha value is -0.960. The maximum atomic E-state index is 12.5. The van der Waals surface area contributed by atoms with E-state index in [4.69, 9.17) is 0 Å². The van der Waals surface area contributed by atoms with Gasteiger partial charge in [0.1, 0.15) is 11.6 Å². The van der Waals surface area contributed by atoms with E-state index >= 15 is 0 Å². The molecule has 3 heteroatoms. The molecule has 1 rings (SSSR count). The molecule has 0 radical (unpaired) electrons. The van der Waals surface area contributed by atoms with Gasteiger partial charge in [0.2, 0.25) is 0 Å². The Kier molecular flexibility index (Phi) is 2.54. The zero-order valence-corrected chi connectivity index (χ0v) is 5.98. The van der Waals surface area contributed by atoms with E-state index < -0.39 is 11.6 Å². The van der Waals surface area contributed by atoms with Gasteiger partial charge in [-0.25, -0.2) is 8.78 Å². The SMILES string of the molecule is [CH2-][NH2+]Cc1cc(F)cc(F)c1. The lowest BCUT2D eigenvalue weighted by Crippen LogP contribution is -2.74. The molecular weight excluding hydrogens is 148 g/mol. The van der Waals surface area contributed by atoms with Gasteiger partial charge in [-0.2, -0.15) is 7.05 Å². The lowest BCUT2D eigenvalue weighted by Gasteiger charge is -2.00. The molecule has 1 nitrogen and oxygen atoms in total. The van der Waals surface area contributed by atoms with E-state index in [2.05, 4.69) is 7.05 Å². The smallest absolute Gasteiger partial charge is 0.126 e. The molecule has 0 aliphatic carbocycles. The highest BCUT2D eigenvalue weighted by Crippen LogP contribution is 2.06. The molecule has 0 aromatic heterocycles. The van der Waals surface area contributed by atoms with Crippen LogP contribution in [0.1, 0.15) is 5.56 Å².